The maximum atomic E-state index is 16.0. The number of hydrogen-bond donors (Lipinski definition) is 2. The van der Waals surface area contributed by atoms with Gasteiger partial charge in [-0.05, 0) is 75.0 Å². The summed E-state index contributed by atoms with van der Waals surface area (Å²) in [5.74, 6) is -1.81. The van der Waals surface area contributed by atoms with Crippen molar-refractivity contribution < 1.29 is 32.9 Å². The van der Waals surface area contributed by atoms with E-state index in [0.29, 0.717) is 36.6 Å². The number of anilines is 1. The third-order valence-corrected chi connectivity index (χ3v) is 9.79. The van der Waals surface area contributed by atoms with E-state index in [1.54, 1.807) is 12.0 Å². The third-order valence-electron chi connectivity index (χ3n) is 9.57. The Morgan fingerprint density at radius 2 is 1.93 bits per heavy atom. The molecule has 13 heteroatoms. The molecule has 9 nitrogen and oxygen atoms in total. The van der Waals surface area contributed by atoms with Gasteiger partial charge in [0.1, 0.15) is 29.4 Å². The summed E-state index contributed by atoms with van der Waals surface area (Å²) in [7, 11) is 3.60. The fraction of sp³-hybridized carbons (Fsp3) is 0.606. The van der Waals surface area contributed by atoms with Crippen molar-refractivity contribution in [2.75, 3.05) is 51.9 Å². The molecule has 3 aromatic rings. The number of aliphatic hydroxyl groups is 1. The molecule has 4 fully saturated rings. The number of nitrogens with zero attached hydrogens (tertiary/aromatic N) is 5. The van der Waals surface area contributed by atoms with Gasteiger partial charge in [0.15, 0.2) is 5.82 Å². The predicted molar refractivity (Wildman–Crippen MR) is 169 cm³/mol. The van der Waals surface area contributed by atoms with Crippen LogP contribution < -0.4 is 9.64 Å². The normalized spacial score (nSPS) is 24.8. The van der Waals surface area contributed by atoms with E-state index in [-0.39, 0.29) is 59.2 Å². The highest BCUT2D eigenvalue weighted by atomic mass is 35.5. The van der Waals surface area contributed by atoms with Crippen LogP contribution in [0.3, 0.4) is 0 Å². The molecule has 0 spiro atoms. The van der Waals surface area contributed by atoms with E-state index >= 15 is 4.39 Å². The van der Waals surface area contributed by atoms with Crippen LogP contribution in [-0.2, 0) is 4.74 Å². The number of alkyl halides is 2. The monoisotopic (exact) mass is 663 g/mol. The smallest absolute Gasteiger partial charge is 0.319 e. The number of hydrogen-bond acceptors (Lipinski definition) is 9. The van der Waals surface area contributed by atoms with E-state index < -0.39 is 17.3 Å². The average molecular weight is 664 g/mol. The minimum Gasteiger partial charge on any atom is -0.508 e. The van der Waals surface area contributed by atoms with Gasteiger partial charge in [-0.1, -0.05) is 11.6 Å². The van der Waals surface area contributed by atoms with Gasteiger partial charge in [-0.3, -0.25) is 9.88 Å². The Kier molecular flexibility index (Phi) is 9.53. The van der Waals surface area contributed by atoms with Crippen molar-refractivity contribution in [2.24, 2.45) is 11.8 Å². The number of pyridine rings is 1. The summed E-state index contributed by atoms with van der Waals surface area (Å²) in [6.07, 6.45) is 7.78. The summed E-state index contributed by atoms with van der Waals surface area (Å²) in [4.78, 5) is 16.9. The largest absolute Gasteiger partial charge is 0.508 e. The Morgan fingerprint density at radius 1 is 1.15 bits per heavy atom. The molecule has 1 unspecified atom stereocenters. The van der Waals surface area contributed by atoms with Crippen LogP contribution in [0.15, 0.2) is 24.4 Å². The van der Waals surface area contributed by atoms with Gasteiger partial charge in [-0.15, -0.1) is 0 Å². The fourth-order valence-corrected chi connectivity index (χ4v) is 6.96. The molecule has 2 aromatic heterocycles. The standard InChI is InChI=1S/C28H31ClF3N5O3.C5H10O/c1-36(5-2-3-16-7-19(38)8-16)25-21-12-33-23(17-9-18(29)11-20(39)10-17)22(30)24(21)34-26(35-25)40-15-27-4-6-37(27)14-28(31,32)13-27;1-6-4-5-2-3-5/h9-12,16,19,38-39H,2-8,13-15H2,1H3;5H,2-4H2,1H3. The van der Waals surface area contributed by atoms with Gasteiger partial charge >= 0.3 is 6.01 Å². The van der Waals surface area contributed by atoms with Crippen LogP contribution in [0, 0.1) is 17.7 Å². The van der Waals surface area contributed by atoms with E-state index in [0.717, 1.165) is 38.2 Å². The molecule has 0 bridgehead atoms. The van der Waals surface area contributed by atoms with Crippen LogP contribution in [0.1, 0.15) is 51.4 Å². The van der Waals surface area contributed by atoms with Crippen molar-refractivity contribution in [3.8, 4) is 23.0 Å². The molecule has 2 saturated carbocycles. The molecule has 7 rings (SSSR count). The molecule has 1 aromatic carbocycles. The van der Waals surface area contributed by atoms with Crippen LogP contribution in [0.4, 0.5) is 19.0 Å². The Morgan fingerprint density at radius 3 is 2.54 bits per heavy atom. The molecule has 2 aliphatic heterocycles. The number of aliphatic hydroxyl groups excluding tert-OH is 1. The lowest BCUT2D eigenvalue weighted by atomic mass is 9.79. The van der Waals surface area contributed by atoms with E-state index in [4.69, 9.17) is 21.1 Å². The van der Waals surface area contributed by atoms with Gasteiger partial charge in [-0.25, -0.2) is 13.2 Å². The molecule has 250 valence electrons. The second kappa shape index (κ2) is 13.3. The summed E-state index contributed by atoms with van der Waals surface area (Å²) in [6, 6.07) is 4.09. The van der Waals surface area contributed by atoms with Gasteiger partial charge < -0.3 is 24.6 Å². The van der Waals surface area contributed by atoms with Crippen molar-refractivity contribution in [1.82, 2.24) is 19.9 Å². The van der Waals surface area contributed by atoms with Crippen LogP contribution >= 0.6 is 11.6 Å². The number of aromatic hydroxyl groups is 1. The van der Waals surface area contributed by atoms with Gasteiger partial charge in [0.25, 0.3) is 5.92 Å². The minimum atomic E-state index is -2.78. The molecule has 2 aliphatic carbocycles. The second-order valence-corrected chi connectivity index (χ2v) is 13.8. The number of benzene rings is 1. The first-order valence-electron chi connectivity index (χ1n) is 16.0. The molecule has 2 saturated heterocycles. The van der Waals surface area contributed by atoms with Crippen molar-refractivity contribution >= 4 is 28.3 Å². The SMILES string of the molecule is CN(CCCC1CC(O)C1)c1nc(OCC23CCN2CC(F)(F)C3)nc2c(F)c(-c3cc(O)cc(Cl)c3)ncc12.COCC1CC1. The quantitative estimate of drug-likeness (QED) is 0.253. The molecule has 4 aliphatic rings. The van der Waals surface area contributed by atoms with Gasteiger partial charge in [0.2, 0.25) is 0 Å². The first kappa shape index (κ1) is 33.0. The summed E-state index contributed by atoms with van der Waals surface area (Å²) in [5.41, 5.74) is -0.578. The van der Waals surface area contributed by atoms with Gasteiger partial charge in [0, 0.05) is 57.1 Å². The molecule has 2 N–H and O–H groups in total. The Labute approximate surface area is 271 Å². The summed E-state index contributed by atoms with van der Waals surface area (Å²) >= 11 is 6.08. The van der Waals surface area contributed by atoms with Crippen molar-refractivity contribution in [3.63, 3.8) is 0 Å². The van der Waals surface area contributed by atoms with Crippen LogP contribution in [-0.4, -0.2) is 94.6 Å². The average Bonchev–Trinajstić information content (AvgIpc) is 3.78. The van der Waals surface area contributed by atoms with Crippen LogP contribution in [0.5, 0.6) is 11.8 Å². The van der Waals surface area contributed by atoms with E-state index in [2.05, 4.69) is 15.0 Å². The van der Waals surface area contributed by atoms with Crippen molar-refractivity contribution in [3.05, 3.63) is 35.2 Å². The first-order chi connectivity index (χ1) is 21.9. The van der Waals surface area contributed by atoms with Gasteiger partial charge in [-0.2, -0.15) is 9.97 Å². The summed E-state index contributed by atoms with van der Waals surface area (Å²) < 4.78 is 55.1. The van der Waals surface area contributed by atoms with E-state index in [1.807, 2.05) is 11.9 Å². The fourth-order valence-electron chi connectivity index (χ4n) is 6.73. The Bertz CT molecular complexity index is 1540. The Hall–Kier alpha value is -2.93. The predicted octanol–water partition coefficient (Wildman–Crippen LogP) is 6.08. The lowest BCUT2D eigenvalue weighted by Gasteiger charge is -2.46. The number of phenolic OH excluding ortho intramolecular Hbond substituents is 1. The number of ether oxygens (including phenoxy) is 2. The van der Waals surface area contributed by atoms with Crippen LogP contribution in [0.25, 0.3) is 22.2 Å². The number of phenols is 1. The molecular formula is C33H41ClF3N5O4. The van der Waals surface area contributed by atoms with Crippen molar-refractivity contribution in [2.45, 2.75) is 68.9 Å². The number of aromatic nitrogens is 3. The Balaban J connectivity index is 0.000000557. The molecule has 4 heterocycles. The maximum absolute atomic E-state index is 16.0. The van der Waals surface area contributed by atoms with Crippen molar-refractivity contribution in [1.29, 1.82) is 0 Å². The van der Waals surface area contributed by atoms with E-state index in [9.17, 15) is 19.0 Å². The second-order valence-electron chi connectivity index (χ2n) is 13.4. The topological polar surface area (TPSA) is 104 Å². The molecule has 0 radical (unpaired) electrons. The lowest BCUT2D eigenvalue weighted by Crippen LogP contribution is -2.59. The van der Waals surface area contributed by atoms with Gasteiger partial charge in [0.05, 0.1) is 23.6 Å². The summed E-state index contributed by atoms with van der Waals surface area (Å²) in [6.45, 7) is 1.87. The number of halogens is 4. The van der Waals surface area contributed by atoms with E-state index in [1.165, 1.54) is 37.2 Å². The number of fused-ring (bicyclic) bond motifs is 2. The zero-order valence-corrected chi connectivity index (χ0v) is 26.9. The highest BCUT2D eigenvalue weighted by Gasteiger charge is 2.60. The lowest BCUT2D eigenvalue weighted by molar-refractivity contribution is -0.0132. The highest BCUT2D eigenvalue weighted by Crippen LogP contribution is 2.47. The summed E-state index contributed by atoms with van der Waals surface area (Å²) in [5, 5.41) is 20.1. The minimum absolute atomic E-state index is 0.0248. The third kappa shape index (κ3) is 7.30. The van der Waals surface area contributed by atoms with Crippen LogP contribution in [0.2, 0.25) is 5.02 Å². The zero-order chi connectivity index (χ0) is 32.6. The number of methoxy groups -OCH3 is 1. The highest BCUT2D eigenvalue weighted by molar-refractivity contribution is 6.31. The maximum Gasteiger partial charge on any atom is 0.319 e. The molecule has 46 heavy (non-hydrogen) atoms. The first-order valence-corrected chi connectivity index (χ1v) is 16.3. The molecular weight excluding hydrogens is 623 g/mol. The number of rotatable bonds is 11. The molecule has 1 atom stereocenters. The zero-order valence-electron chi connectivity index (χ0n) is 26.2. The molecule has 0 amide bonds.